The lowest BCUT2D eigenvalue weighted by atomic mass is 10.0. The Morgan fingerprint density at radius 1 is 1.03 bits per heavy atom. The molecule has 2 aliphatic rings. The molecule has 6 rings (SSSR count). The molecule has 0 bridgehead atoms. The van der Waals surface area contributed by atoms with Crippen LogP contribution >= 0.6 is 22.7 Å². The molecule has 2 aliphatic heterocycles. The van der Waals surface area contributed by atoms with E-state index in [0.29, 0.717) is 6.54 Å². The van der Waals surface area contributed by atoms with Gasteiger partial charge in [-0.3, -0.25) is 14.3 Å². The number of para-hydroxylation sites is 2. The quantitative estimate of drug-likeness (QED) is 0.448. The average Bonchev–Trinajstić information content (AvgIpc) is 3.65. The van der Waals surface area contributed by atoms with Gasteiger partial charge in [-0.2, -0.15) is 5.10 Å². The number of carbonyl (C=O) groups is 1. The zero-order chi connectivity index (χ0) is 23.1. The summed E-state index contributed by atoms with van der Waals surface area (Å²) in [6.45, 7) is 1.90. The summed E-state index contributed by atoms with van der Waals surface area (Å²) < 4.78 is 1.89. The fraction of sp³-hybridized carbons (Fsp3) is 0.320. The van der Waals surface area contributed by atoms with Gasteiger partial charge >= 0.3 is 5.69 Å². The number of fused-ring (bicyclic) bond motifs is 1. The maximum atomic E-state index is 13.4. The fourth-order valence-corrected chi connectivity index (χ4v) is 6.60. The van der Waals surface area contributed by atoms with E-state index in [1.807, 2.05) is 46.3 Å². The molecule has 9 heteroatoms. The van der Waals surface area contributed by atoms with Crippen molar-refractivity contribution in [2.45, 2.75) is 31.3 Å². The molecule has 1 N–H and O–H groups in total. The molecule has 0 spiro atoms. The number of hydrazone groups is 1. The van der Waals surface area contributed by atoms with Crippen LogP contribution in [-0.2, 0) is 4.79 Å². The minimum atomic E-state index is -0.0537. The van der Waals surface area contributed by atoms with Crippen molar-refractivity contribution in [2.75, 3.05) is 19.6 Å². The number of carbonyl (C=O) groups excluding carboxylic acids is 1. The van der Waals surface area contributed by atoms with Crippen molar-refractivity contribution in [3.8, 4) is 0 Å². The van der Waals surface area contributed by atoms with Crippen LogP contribution in [0.2, 0.25) is 0 Å². The Labute approximate surface area is 204 Å². The second-order valence-corrected chi connectivity index (χ2v) is 10.7. The normalized spacial score (nSPS) is 19.7. The van der Waals surface area contributed by atoms with E-state index in [-0.39, 0.29) is 23.7 Å². The Morgan fingerprint density at radius 2 is 1.82 bits per heavy atom. The van der Waals surface area contributed by atoms with Crippen LogP contribution < -0.4 is 5.69 Å². The van der Waals surface area contributed by atoms with Crippen molar-refractivity contribution < 1.29 is 4.79 Å². The topological polar surface area (TPSA) is 73.7 Å². The minimum absolute atomic E-state index is 0.0349. The van der Waals surface area contributed by atoms with Gasteiger partial charge in [0.05, 0.1) is 34.2 Å². The Hall–Kier alpha value is -3.01. The summed E-state index contributed by atoms with van der Waals surface area (Å²) in [5, 5.41) is 10.6. The van der Waals surface area contributed by atoms with Crippen LogP contribution in [-0.4, -0.2) is 50.7 Å². The lowest BCUT2D eigenvalue weighted by Gasteiger charge is -2.33. The molecule has 1 saturated heterocycles. The van der Waals surface area contributed by atoms with Gasteiger partial charge in [0.15, 0.2) is 0 Å². The van der Waals surface area contributed by atoms with E-state index in [9.17, 15) is 9.59 Å². The van der Waals surface area contributed by atoms with Crippen LogP contribution in [0.15, 0.2) is 69.2 Å². The number of benzene rings is 1. The predicted molar refractivity (Wildman–Crippen MR) is 137 cm³/mol. The van der Waals surface area contributed by atoms with Gasteiger partial charge in [-0.15, -0.1) is 22.7 Å². The number of hydrogen-bond acceptors (Lipinski definition) is 6. The van der Waals surface area contributed by atoms with Gasteiger partial charge in [0.25, 0.3) is 5.91 Å². The number of hydrogen-bond donors (Lipinski definition) is 1. The molecule has 0 radical (unpaired) electrons. The van der Waals surface area contributed by atoms with E-state index in [2.05, 4.69) is 27.4 Å². The molecule has 3 aromatic heterocycles. The molecule has 7 nitrogen and oxygen atoms in total. The van der Waals surface area contributed by atoms with Crippen LogP contribution in [0.25, 0.3) is 11.0 Å². The Balaban J connectivity index is 1.15. The first-order chi connectivity index (χ1) is 16.7. The van der Waals surface area contributed by atoms with Gasteiger partial charge in [0, 0.05) is 30.4 Å². The summed E-state index contributed by atoms with van der Waals surface area (Å²) in [6, 6.07) is 16.1. The second-order valence-electron chi connectivity index (χ2n) is 8.82. The second kappa shape index (κ2) is 8.98. The highest BCUT2D eigenvalue weighted by atomic mass is 32.1. The van der Waals surface area contributed by atoms with E-state index in [0.717, 1.165) is 54.0 Å². The van der Waals surface area contributed by atoms with Crippen LogP contribution in [0, 0.1) is 0 Å². The molecule has 5 heterocycles. The van der Waals surface area contributed by atoms with E-state index >= 15 is 0 Å². The molecular weight excluding hydrogens is 466 g/mol. The van der Waals surface area contributed by atoms with Crippen molar-refractivity contribution in [3.63, 3.8) is 0 Å². The number of rotatable bonds is 5. The van der Waals surface area contributed by atoms with Crippen molar-refractivity contribution in [2.24, 2.45) is 5.10 Å². The van der Waals surface area contributed by atoms with Gasteiger partial charge < -0.3 is 4.98 Å². The number of thiophene rings is 2. The van der Waals surface area contributed by atoms with E-state index < -0.39 is 0 Å². The van der Waals surface area contributed by atoms with Crippen LogP contribution in [0.1, 0.15) is 41.1 Å². The first kappa shape index (κ1) is 21.5. The highest BCUT2D eigenvalue weighted by Crippen LogP contribution is 2.36. The van der Waals surface area contributed by atoms with Crippen molar-refractivity contribution in [1.29, 1.82) is 0 Å². The van der Waals surface area contributed by atoms with Crippen LogP contribution in [0.4, 0.5) is 0 Å². The molecule has 0 aliphatic carbocycles. The van der Waals surface area contributed by atoms with Crippen molar-refractivity contribution >= 4 is 45.3 Å². The van der Waals surface area contributed by atoms with E-state index in [1.165, 1.54) is 4.88 Å². The molecule has 174 valence electrons. The summed E-state index contributed by atoms with van der Waals surface area (Å²) in [5.41, 5.74) is 2.76. The highest BCUT2D eigenvalue weighted by molar-refractivity contribution is 7.12. The van der Waals surface area contributed by atoms with Gasteiger partial charge in [-0.25, -0.2) is 9.80 Å². The third-order valence-electron chi connectivity index (χ3n) is 6.75. The zero-order valence-electron chi connectivity index (χ0n) is 18.6. The number of aromatic amines is 1. The van der Waals surface area contributed by atoms with E-state index in [4.69, 9.17) is 5.10 Å². The van der Waals surface area contributed by atoms with Crippen molar-refractivity contribution in [1.82, 2.24) is 19.5 Å². The summed E-state index contributed by atoms with van der Waals surface area (Å²) in [5.74, 6) is 0.0349. The molecule has 0 unspecified atom stereocenters. The highest BCUT2D eigenvalue weighted by Gasteiger charge is 2.35. The molecule has 1 aromatic carbocycles. The SMILES string of the molecule is O=C(CN1CCC(n2c(=O)[nH]c3ccccc32)CC1)N1N=C(c2cccs2)C[C@@H]1c1cccs1. The maximum Gasteiger partial charge on any atom is 0.326 e. The number of aromatic nitrogens is 2. The number of nitrogens with one attached hydrogen (secondary N) is 1. The predicted octanol–water partition coefficient (Wildman–Crippen LogP) is 4.47. The Kier molecular flexibility index (Phi) is 5.68. The average molecular weight is 492 g/mol. The third kappa shape index (κ3) is 3.93. The van der Waals surface area contributed by atoms with Gasteiger partial charge in [-0.1, -0.05) is 24.3 Å². The van der Waals surface area contributed by atoms with Crippen molar-refractivity contribution in [3.05, 3.63) is 79.5 Å². The third-order valence-corrected chi connectivity index (χ3v) is 8.64. The molecular formula is C25H25N5O2S2. The number of likely N-dealkylation sites (tertiary alicyclic amines) is 1. The molecule has 34 heavy (non-hydrogen) atoms. The van der Waals surface area contributed by atoms with E-state index in [1.54, 1.807) is 27.7 Å². The van der Waals surface area contributed by atoms with Gasteiger partial charge in [0.1, 0.15) is 0 Å². The first-order valence-electron chi connectivity index (χ1n) is 11.6. The summed E-state index contributed by atoms with van der Waals surface area (Å²) in [4.78, 5) is 33.4. The number of nitrogens with zero attached hydrogens (tertiary/aromatic N) is 4. The lowest BCUT2D eigenvalue weighted by molar-refractivity contribution is -0.134. The standard InChI is InChI=1S/C25H25N5O2S2/c31-24(30-21(23-8-4-14-34-23)15-19(27-30)22-7-3-13-33-22)16-28-11-9-17(10-12-28)29-20-6-2-1-5-18(20)26-25(29)32/h1-8,13-14,17,21H,9-12,15-16H2,(H,26,32)/t21-/m1/s1. The summed E-state index contributed by atoms with van der Waals surface area (Å²) >= 11 is 3.34. The fourth-order valence-electron chi connectivity index (χ4n) is 5.07. The molecule has 4 aromatic rings. The number of imidazole rings is 1. The summed E-state index contributed by atoms with van der Waals surface area (Å²) in [6.07, 6.45) is 2.43. The van der Waals surface area contributed by atoms with Gasteiger partial charge in [-0.05, 0) is 47.9 Å². The lowest BCUT2D eigenvalue weighted by Crippen LogP contribution is -2.43. The molecule has 1 atom stereocenters. The number of piperidine rings is 1. The molecule has 0 saturated carbocycles. The van der Waals surface area contributed by atoms with Crippen LogP contribution in [0.5, 0.6) is 0 Å². The smallest absolute Gasteiger partial charge is 0.306 e. The Bertz CT molecular complexity index is 1380. The van der Waals surface area contributed by atoms with Gasteiger partial charge in [0.2, 0.25) is 0 Å². The molecule has 1 fully saturated rings. The van der Waals surface area contributed by atoms with Crippen LogP contribution in [0.3, 0.4) is 0 Å². The minimum Gasteiger partial charge on any atom is -0.306 e. The zero-order valence-corrected chi connectivity index (χ0v) is 20.2. The maximum absolute atomic E-state index is 13.4. The Morgan fingerprint density at radius 3 is 2.59 bits per heavy atom. The number of H-pyrrole nitrogens is 1. The monoisotopic (exact) mass is 491 g/mol. The summed E-state index contributed by atoms with van der Waals surface area (Å²) in [7, 11) is 0. The number of amides is 1. The first-order valence-corrected chi connectivity index (χ1v) is 13.3. The molecule has 1 amide bonds. The largest absolute Gasteiger partial charge is 0.326 e.